The molecule has 1 aromatic carbocycles. The number of hydrogen-bond acceptors (Lipinski definition) is 3. The SMILES string of the molecule is CCOC(=O)Cc1c(-c2cccs2)[nH]c2ccccc12. The van der Waals surface area contributed by atoms with Crippen molar-refractivity contribution in [1.29, 1.82) is 0 Å². The second-order valence-electron chi connectivity index (χ2n) is 4.48. The predicted molar refractivity (Wildman–Crippen MR) is 81.9 cm³/mol. The van der Waals surface area contributed by atoms with E-state index in [4.69, 9.17) is 4.74 Å². The zero-order valence-electron chi connectivity index (χ0n) is 11.2. The van der Waals surface area contributed by atoms with Crippen LogP contribution in [0.4, 0.5) is 0 Å². The van der Waals surface area contributed by atoms with Crippen LogP contribution in [0.1, 0.15) is 12.5 Å². The summed E-state index contributed by atoms with van der Waals surface area (Å²) >= 11 is 1.66. The molecule has 3 aromatic rings. The number of aromatic nitrogens is 1. The van der Waals surface area contributed by atoms with Crippen molar-refractivity contribution in [1.82, 2.24) is 4.98 Å². The van der Waals surface area contributed by atoms with Crippen molar-refractivity contribution in [2.24, 2.45) is 0 Å². The number of benzene rings is 1. The van der Waals surface area contributed by atoms with Crippen LogP contribution in [-0.2, 0) is 16.0 Å². The first kappa shape index (κ1) is 12.9. The smallest absolute Gasteiger partial charge is 0.310 e. The Bertz CT molecular complexity index is 728. The van der Waals surface area contributed by atoms with E-state index in [0.29, 0.717) is 13.0 Å². The molecule has 20 heavy (non-hydrogen) atoms. The number of aromatic amines is 1. The van der Waals surface area contributed by atoms with Gasteiger partial charge in [-0.2, -0.15) is 0 Å². The molecule has 0 saturated carbocycles. The van der Waals surface area contributed by atoms with Crippen molar-refractivity contribution in [2.45, 2.75) is 13.3 Å². The van der Waals surface area contributed by atoms with Gasteiger partial charge in [0.05, 0.1) is 23.6 Å². The third-order valence-corrected chi connectivity index (χ3v) is 4.10. The van der Waals surface area contributed by atoms with Gasteiger partial charge in [0.2, 0.25) is 0 Å². The van der Waals surface area contributed by atoms with Gasteiger partial charge in [-0.05, 0) is 30.0 Å². The van der Waals surface area contributed by atoms with Crippen LogP contribution in [0, 0.1) is 0 Å². The zero-order chi connectivity index (χ0) is 13.9. The second-order valence-corrected chi connectivity index (χ2v) is 5.43. The highest BCUT2D eigenvalue weighted by molar-refractivity contribution is 7.13. The monoisotopic (exact) mass is 285 g/mol. The van der Waals surface area contributed by atoms with Gasteiger partial charge in [-0.3, -0.25) is 4.79 Å². The fourth-order valence-corrected chi connectivity index (χ4v) is 3.12. The van der Waals surface area contributed by atoms with Crippen LogP contribution in [0.2, 0.25) is 0 Å². The van der Waals surface area contributed by atoms with Gasteiger partial charge in [-0.1, -0.05) is 24.3 Å². The third kappa shape index (κ3) is 2.34. The summed E-state index contributed by atoms with van der Waals surface area (Å²) in [6.45, 7) is 2.24. The first-order chi connectivity index (χ1) is 9.79. The molecule has 0 fully saturated rings. The lowest BCUT2D eigenvalue weighted by Gasteiger charge is -2.03. The average Bonchev–Trinajstić information content (AvgIpc) is 3.07. The summed E-state index contributed by atoms with van der Waals surface area (Å²) in [4.78, 5) is 16.4. The van der Waals surface area contributed by atoms with Gasteiger partial charge in [-0.15, -0.1) is 11.3 Å². The highest BCUT2D eigenvalue weighted by Gasteiger charge is 2.17. The van der Waals surface area contributed by atoms with Crippen LogP contribution in [0.5, 0.6) is 0 Å². The Labute approximate surface area is 121 Å². The molecular formula is C16H15NO2S. The normalized spacial score (nSPS) is 10.8. The van der Waals surface area contributed by atoms with Gasteiger partial charge in [0.1, 0.15) is 0 Å². The fourth-order valence-electron chi connectivity index (χ4n) is 2.37. The molecule has 0 spiro atoms. The number of thiophene rings is 1. The summed E-state index contributed by atoms with van der Waals surface area (Å²) in [7, 11) is 0. The van der Waals surface area contributed by atoms with Gasteiger partial charge < -0.3 is 9.72 Å². The van der Waals surface area contributed by atoms with Crippen molar-refractivity contribution in [2.75, 3.05) is 6.61 Å². The molecule has 3 rings (SSSR count). The first-order valence-corrected chi connectivity index (χ1v) is 7.46. The number of carbonyl (C=O) groups excluding carboxylic acids is 1. The van der Waals surface area contributed by atoms with E-state index in [2.05, 4.69) is 11.1 Å². The lowest BCUT2D eigenvalue weighted by molar-refractivity contribution is -0.142. The zero-order valence-corrected chi connectivity index (χ0v) is 12.0. The molecule has 0 aliphatic rings. The summed E-state index contributed by atoms with van der Waals surface area (Å²) in [5, 5.41) is 3.12. The Morgan fingerprint density at radius 2 is 2.10 bits per heavy atom. The van der Waals surface area contributed by atoms with Crippen molar-refractivity contribution in [3.63, 3.8) is 0 Å². The fraction of sp³-hybridized carbons (Fsp3) is 0.188. The molecule has 0 saturated heterocycles. The number of esters is 1. The maximum atomic E-state index is 11.8. The number of H-pyrrole nitrogens is 1. The molecular weight excluding hydrogens is 270 g/mol. The summed E-state index contributed by atoms with van der Waals surface area (Å²) in [6.07, 6.45) is 0.297. The molecule has 0 radical (unpaired) electrons. The number of nitrogens with one attached hydrogen (secondary N) is 1. The summed E-state index contributed by atoms with van der Waals surface area (Å²) in [5.41, 5.74) is 3.09. The Balaban J connectivity index is 2.11. The van der Waals surface area contributed by atoms with E-state index in [-0.39, 0.29) is 5.97 Å². The molecule has 1 N–H and O–H groups in total. The maximum absolute atomic E-state index is 11.8. The van der Waals surface area contributed by atoms with Crippen LogP contribution in [0.25, 0.3) is 21.5 Å². The van der Waals surface area contributed by atoms with Gasteiger partial charge in [0, 0.05) is 10.9 Å². The molecule has 3 nitrogen and oxygen atoms in total. The summed E-state index contributed by atoms with van der Waals surface area (Å²) in [5.74, 6) is -0.185. The van der Waals surface area contributed by atoms with E-state index in [1.165, 1.54) is 0 Å². The minimum absolute atomic E-state index is 0.185. The lowest BCUT2D eigenvalue weighted by Crippen LogP contribution is -2.07. The average molecular weight is 285 g/mol. The van der Waals surface area contributed by atoms with Crippen LogP contribution in [0.3, 0.4) is 0 Å². The van der Waals surface area contributed by atoms with E-state index in [1.807, 2.05) is 42.6 Å². The number of hydrogen-bond donors (Lipinski definition) is 1. The molecule has 2 aromatic heterocycles. The van der Waals surface area contributed by atoms with Gasteiger partial charge in [0.25, 0.3) is 0 Å². The van der Waals surface area contributed by atoms with Crippen molar-refractivity contribution in [3.8, 4) is 10.6 Å². The van der Waals surface area contributed by atoms with Gasteiger partial charge in [-0.25, -0.2) is 0 Å². The van der Waals surface area contributed by atoms with E-state index in [0.717, 1.165) is 27.0 Å². The molecule has 2 heterocycles. The van der Waals surface area contributed by atoms with Gasteiger partial charge >= 0.3 is 5.97 Å². The lowest BCUT2D eigenvalue weighted by atomic mass is 10.1. The molecule has 4 heteroatoms. The molecule has 0 unspecified atom stereocenters. The molecule has 0 atom stereocenters. The molecule has 0 aliphatic heterocycles. The summed E-state index contributed by atoms with van der Waals surface area (Å²) in [6, 6.07) is 12.1. The standard InChI is InChI=1S/C16H15NO2S/c1-2-19-15(18)10-12-11-6-3-4-7-13(11)17-16(12)14-8-5-9-20-14/h3-9,17H,2,10H2,1H3. The van der Waals surface area contributed by atoms with Crippen LogP contribution >= 0.6 is 11.3 Å². The van der Waals surface area contributed by atoms with Crippen molar-refractivity contribution in [3.05, 3.63) is 47.3 Å². The highest BCUT2D eigenvalue weighted by Crippen LogP contribution is 2.33. The Morgan fingerprint density at radius 3 is 2.85 bits per heavy atom. The summed E-state index contributed by atoms with van der Waals surface area (Å²) < 4.78 is 5.09. The quantitative estimate of drug-likeness (QED) is 0.736. The van der Waals surface area contributed by atoms with Crippen LogP contribution in [-0.4, -0.2) is 17.6 Å². The van der Waals surface area contributed by atoms with Crippen LogP contribution < -0.4 is 0 Å². The van der Waals surface area contributed by atoms with Crippen molar-refractivity contribution >= 4 is 28.2 Å². The second kappa shape index (κ2) is 5.51. The maximum Gasteiger partial charge on any atom is 0.310 e. The topological polar surface area (TPSA) is 42.1 Å². The first-order valence-electron chi connectivity index (χ1n) is 6.58. The molecule has 0 aliphatic carbocycles. The van der Waals surface area contributed by atoms with E-state index < -0.39 is 0 Å². The number of ether oxygens (including phenoxy) is 1. The number of rotatable bonds is 4. The Kier molecular flexibility index (Phi) is 3.56. The largest absolute Gasteiger partial charge is 0.466 e. The molecule has 0 bridgehead atoms. The third-order valence-electron chi connectivity index (χ3n) is 3.21. The van der Waals surface area contributed by atoms with E-state index in [1.54, 1.807) is 11.3 Å². The minimum Gasteiger partial charge on any atom is -0.466 e. The highest BCUT2D eigenvalue weighted by atomic mass is 32.1. The predicted octanol–water partition coefficient (Wildman–Crippen LogP) is 4.00. The number of fused-ring (bicyclic) bond motifs is 1. The van der Waals surface area contributed by atoms with Crippen LogP contribution in [0.15, 0.2) is 41.8 Å². The van der Waals surface area contributed by atoms with Crippen molar-refractivity contribution < 1.29 is 9.53 Å². The van der Waals surface area contributed by atoms with E-state index in [9.17, 15) is 4.79 Å². The Hall–Kier alpha value is -2.07. The number of carbonyl (C=O) groups is 1. The van der Waals surface area contributed by atoms with E-state index >= 15 is 0 Å². The molecule has 102 valence electrons. The number of para-hydroxylation sites is 1. The van der Waals surface area contributed by atoms with Gasteiger partial charge in [0.15, 0.2) is 0 Å². The molecule has 0 amide bonds. The Morgan fingerprint density at radius 1 is 1.25 bits per heavy atom. The minimum atomic E-state index is -0.185.